The van der Waals surface area contributed by atoms with E-state index in [1.54, 1.807) is 4.90 Å². The molecular formula is C10H20N2O3. The second-order valence-electron chi connectivity index (χ2n) is 4.36. The zero-order chi connectivity index (χ0) is 11.5. The van der Waals surface area contributed by atoms with E-state index in [-0.39, 0.29) is 0 Å². The first-order valence-electron chi connectivity index (χ1n) is 5.30. The molecular weight excluding hydrogens is 196 g/mol. The Morgan fingerprint density at radius 3 is 2.40 bits per heavy atom. The minimum absolute atomic E-state index is 0.433. The number of piperidine rings is 1. The highest BCUT2D eigenvalue weighted by Gasteiger charge is 2.26. The third-order valence-corrected chi connectivity index (χ3v) is 2.50. The number of aliphatic hydroxyl groups is 1. The Hall–Kier alpha value is -0.810. The summed E-state index contributed by atoms with van der Waals surface area (Å²) in [6.07, 6.45) is 1.42. The highest BCUT2D eigenvalue weighted by Crippen LogP contribution is 2.13. The molecule has 0 unspecified atom stereocenters. The van der Waals surface area contributed by atoms with Crippen LogP contribution >= 0.6 is 0 Å². The molecule has 5 heteroatoms. The summed E-state index contributed by atoms with van der Waals surface area (Å²) in [6.45, 7) is 4.26. The van der Waals surface area contributed by atoms with E-state index < -0.39 is 11.9 Å². The molecule has 0 aromatic heterocycles. The van der Waals surface area contributed by atoms with Crippen LogP contribution in [0, 0.1) is 0 Å². The first kappa shape index (κ1) is 12.3. The molecule has 0 radical (unpaired) electrons. The quantitative estimate of drug-likeness (QED) is 0.661. The highest BCUT2D eigenvalue weighted by molar-refractivity contribution is 5.68. The summed E-state index contributed by atoms with van der Waals surface area (Å²) in [6, 6.07) is 0.483. The van der Waals surface area contributed by atoms with E-state index in [1.807, 2.05) is 7.05 Å². The Kier molecular flexibility index (Phi) is 3.93. The molecule has 1 rings (SSSR count). The van der Waals surface area contributed by atoms with Crippen molar-refractivity contribution in [2.45, 2.75) is 38.5 Å². The molecule has 0 bridgehead atoms. The van der Waals surface area contributed by atoms with Crippen molar-refractivity contribution >= 4 is 6.09 Å². The van der Waals surface area contributed by atoms with Gasteiger partial charge in [-0.15, -0.1) is 0 Å². The number of hydrogen-bond acceptors (Lipinski definition) is 4. The molecule has 2 N–H and O–H groups in total. The molecule has 0 aromatic carbocycles. The standard InChI is InChI=1S/C10H20N2O3/c1-10(2,14)15-9(13)12-6-4-8(11-3)5-7-12/h8,11,14H,4-7H2,1-3H3. The van der Waals surface area contributed by atoms with E-state index in [4.69, 9.17) is 4.74 Å². The molecule has 1 saturated heterocycles. The summed E-state index contributed by atoms with van der Waals surface area (Å²) >= 11 is 0. The predicted molar refractivity (Wildman–Crippen MR) is 56.4 cm³/mol. The van der Waals surface area contributed by atoms with E-state index in [0.717, 1.165) is 12.8 Å². The lowest BCUT2D eigenvalue weighted by Gasteiger charge is -2.32. The largest absolute Gasteiger partial charge is 0.418 e. The van der Waals surface area contributed by atoms with Crippen molar-refractivity contribution < 1.29 is 14.6 Å². The van der Waals surface area contributed by atoms with Crippen molar-refractivity contribution in [2.24, 2.45) is 0 Å². The fourth-order valence-electron chi connectivity index (χ4n) is 1.63. The molecule has 0 aromatic rings. The van der Waals surface area contributed by atoms with Gasteiger partial charge in [-0.05, 0) is 19.9 Å². The topological polar surface area (TPSA) is 61.8 Å². The number of carbonyl (C=O) groups excluding carboxylic acids is 1. The molecule has 0 aliphatic carbocycles. The third kappa shape index (κ3) is 4.05. The van der Waals surface area contributed by atoms with E-state index in [9.17, 15) is 9.90 Å². The molecule has 1 aliphatic heterocycles. The summed E-state index contributed by atoms with van der Waals surface area (Å²) in [5, 5.41) is 12.5. The Labute approximate surface area is 90.4 Å². The molecule has 0 spiro atoms. The molecule has 88 valence electrons. The maximum absolute atomic E-state index is 11.5. The molecule has 5 nitrogen and oxygen atoms in total. The van der Waals surface area contributed by atoms with Crippen molar-refractivity contribution in [1.82, 2.24) is 10.2 Å². The van der Waals surface area contributed by atoms with Gasteiger partial charge in [-0.3, -0.25) is 0 Å². The minimum Gasteiger partial charge on any atom is -0.418 e. The van der Waals surface area contributed by atoms with E-state index in [0.29, 0.717) is 19.1 Å². The maximum Gasteiger partial charge on any atom is 0.412 e. The fourth-order valence-corrected chi connectivity index (χ4v) is 1.63. The van der Waals surface area contributed by atoms with Crippen molar-refractivity contribution in [1.29, 1.82) is 0 Å². The molecule has 1 amide bonds. The number of ether oxygens (including phenoxy) is 1. The number of hydrogen-bond donors (Lipinski definition) is 2. The summed E-state index contributed by atoms with van der Waals surface area (Å²) in [5.74, 6) is -1.39. The zero-order valence-corrected chi connectivity index (χ0v) is 9.62. The van der Waals surface area contributed by atoms with Crippen LogP contribution in [0.25, 0.3) is 0 Å². The van der Waals surface area contributed by atoms with Crippen LogP contribution in [0.5, 0.6) is 0 Å². The van der Waals surface area contributed by atoms with Crippen LogP contribution in [-0.4, -0.2) is 48.1 Å². The van der Waals surface area contributed by atoms with Crippen LogP contribution in [-0.2, 0) is 4.74 Å². The number of carbonyl (C=O) groups is 1. The van der Waals surface area contributed by atoms with Gasteiger partial charge in [0.1, 0.15) is 0 Å². The van der Waals surface area contributed by atoms with Crippen molar-refractivity contribution in [3.05, 3.63) is 0 Å². The molecule has 15 heavy (non-hydrogen) atoms. The van der Waals surface area contributed by atoms with E-state index >= 15 is 0 Å². The SMILES string of the molecule is CNC1CCN(C(=O)OC(C)(C)O)CC1. The van der Waals surface area contributed by atoms with Crippen molar-refractivity contribution in [2.75, 3.05) is 20.1 Å². The van der Waals surface area contributed by atoms with Gasteiger partial charge in [-0.2, -0.15) is 0 Å². The fraction of sp³-hybridized carbons (Fsp3) is 0.900. The third-order valence-electron chi connectivity index (χ3n) is 2.50. The molecule has 1 heterocycles. The summed E-state index contributed by atoms with van der Waals surface area (Å²) < 4.78 is 4.87. The Morgan fingerprint density at radius 1 is 1.47 bits per heavy atom. The lowest BCUT2D eigenvalue weighted by Crippen LogP contribution is -2.46. The second kappa shape index (κ2) is 4.81. The van der Waals surface area contributed by atoms with Crippen molar-refractivity contribution in [3.63, 3.8) is 0 Å². The van der Waals surface area contributed by atoms with Gasteiger partial charge < -0.3 is 20.1 Å². The first-order valence-corrected chi connectivity index (χ1v) is 5.30. The summed E-state index contributed by atoms with van der Waals surface area (Å²) in [4.78, 5) is 13.2. The van der Waals surface area contributed by atoms with E-state index in [1.165, 1.54) is 13.8 Å². The lowest BCUT2D eigenvalue weighted by atomic mass is 10.1. The number of nitrogens with one attached hydrogen (secondary N) is 1. The number of nitrogens with zero attached hydrogens (tertiary/aromatic N) is 1. The van der Waals surface area contributed by atoms with Crippen LogP contribution in [0.1, 0.15) is 26.7 Å². The Bertz CT molecular complexity index is 217. The van der Waals surface area contributed by atoms with Crippen LogP contribution < -0.4 is 5.32 Å². The second-order valence-corrected chi connectivity index (χ2v) is 4.36. The van der Waals surface area contributed by atoms with Gasteiger partial charge in [0.2, 0.25) is 5.79 Å². The summed E-state index contributed by atoms with van der Waals surface area (Å²) in [7, 11) is 1.93. The van der Waals surface area contributed by atoms with Crippen LogP contribution in [0.15, 0.2) is 0 Å². The van der Waals surface area contributed by atoms with Crippen LogP contribution in [0.4, 0.5) is 4.79 Å². The maximum atomic E-state index is 11.5. The minimum atomic E-state index is -1.39. The average molecular weight is 216 g/mol. The summed E-state index contributed by atoms with van der Waals surface area (Å²) in [5.41, 5.74) is 0. The molecule has 0 saturated carbocycles. The van der Waals surface area contributed by atoms with Crippen LogP contribution in [0.2, 0.25) is 0 Å². The van der Waals surface area contributed by atoms with Crippen LogP contribution in [0.3, 0.4) is 0 Å². The Morgan fingerprint density at radius 2 is 2.00 bits per heavy atom. The van der Waals surface area contributed by atoms with Gasteiger partial charge in [-0.1, -0.05) is 0 Å². The normalized spacial score (nSPS) is 19.1. The smallest absolute Gasteiger partial charge is 0.412 e. The van der Waals surface area contributed by atoms with Gasteiger partial charge in [0.15, 0.2) is 0 Å². The number of likely N-dealkylation sites (tertiary alicyclic amines) is 1. The number of rotatable bonds is 2. The van der Waals surface area contributed by atoms with Gasteiger partial charge in [0, 0.05) is 33.0 Å². The molecule has 1 aliphatic rings. The van der Waals surface area contributed by atoms with Gasteiger partial charge in [0.05, 0.1) is 0 Å². The van der Waals surface area contributed by atoms with Gasteiger partial charge in [0.25, 0.3) is 0 Å². The average Bonchev–Trinajstić information content (AvgIpc) is 2.15. The predicted octanol–water partition coefficient (Wildman–Crippen LogP) is 0.535. The first-order chi connectivity index (χ1) is 6.92. The van der Waals surface area contributed by atoms with Gasteiger partial charge >= 0.3 is 6.09 Å². The monoisotopic (exact) mass is 216 g/mol. The zero-order valence-electron chi connectivity index (χ0n) is 9.62. The lowest BCUT2D eigenvalue weighted by molar-refractivity contribution is -0.140. The van der Waals surface area contributed by atoms with Crippen molar-refractivity contribution in [3.8, 4) is 0 Å². The highest BCUT2D eigenvalue weighted by atomic mass is 16.7. The van der Waals surface area contributed by atoms with E-state index in [2.05, 4.69) is 5.32 Å². The number of amides is 1. The molecule has 0 atom stereocenters. The molecule has 1 fully saturated rings. The van der Waals surface area contributed by atoms with Gasteiger partial charge in [-0.25, -0.2) is 4.79 Å². The Balaban J connectivity index is 2.37.